The number of likely N-dealkylation sites (tertiary alicyclic amines) is 1. The third kappa shape index (κ3) is 1.77. The van der Waals surface area contributed by atoms with Crippen LogP contribution in [0.2, 0.25) is 0 Å². The van der Waals surface area contributed by atoms with E-state index in [-0.39, 0.29) is 0 Å². The van der Waals surface area contributed by atoms with E-state index in [0.29, 0.717) is 12.1 Å². The third-order valence-electron chi connectivity index (χ3n) is 3.52. The molecule has 0 radical (unpaired) electrons. The topological polar surface area (TPSA) is 29.5 Å². The highest BCUT2D eigenvalue weighted by molar-refractivity contribution is 5.74. The number of hydrogen-bond donors (Lipinski definition) is 0. The van der Waals surface area contributed by atoms with E-state index >= 15 is 0 Å². The Labute approximate surface area is 95.0 Å². The molecular weight excluding hydrogens is 202 g/mol. The first-order valence-electron chi connectivity index (χ1n) is 5.75. The first-order valence-corrected chi connectivity index (χ1v) is 5.75. The maximum Gasteiger partial charge on any atom is 0.150 e. The number of morpholine rings is 1. The molecule has 1 aromatic rings. The monoisotopic (exact) mass is 217 g/mol. The number of ether oxygens (including phenoxy) is 1. The number of aldehydes is 1. The fourth-order valence-electron chi connectivity index (χ4n) is 2.61. The summed E-state index contributed by atoms with van der Waals surface area (Å²) in [7, 11) is 0. The lowest BCUT2D eigenvalue weighted by Crippen LogP contribution is -2.36. The van der Waals surface area contributed by atoms with Crippen LogP contribution in [0.4, 0.5) is 0 Å². The summed E-state index contributed by atoms with van der Waals surface area (Å²) < 4.78 is 5.57. The standard InChI is InChI=1S/C13H15NO2/c15-8-11-3-1-10(2-4-11)6-14-7-13-5-12(14)9-16-13/h1-4,8,12-13H,5-7,9H2. The SMILES string of the molecule is O=Cc1ccc(CN2CC3CC2CO3)cc1. The van der Waals surface area contributed by atoms with Gasteiger partial charge in [-0.1, -0.05) is 24.3 Å². The molecule has 0 amide bonds. The number of carbonyl (C=O) groups excluding carboxylic acids is 1. The molecule has 2 aliphatic rings. The van der Waals surface area contributed by atoms with Crippen LogP contribution in [-0.2, 0) is 11.3 Å². The Morgan fingerprint density at radius 2 is 2.19 bits per heavy atom. The molecule has 2 heterocycles. The molecule has 1 aromatic carbocycles. The summed E-state index contributed by atoms with van der Waals surface area (Å²) in [5, 5.41) is 0. The second kappa shape index (κ2) is 4.00. The van der Waals surface area contributed by atoms with Crippen molar-refractivity contribution in [2.75, 3.05) is 13.2 Å². The van der Waals surface area contributed by atoms with Gasteiger partial charge in [-0.15, -0.1) is 0 Å². The number of benzene rings is 1. The van der Waals surface area contributed by atoms with Crippen LogP contribution in [-0.4, -0.2) is 36.5 Å². The Morgan fingerprint density at radius 1 is 1.38 bits per heavy atom. The van der Waals surface area contributed by atoms with Crippen LogP contribution in [0.1, 0.15) is 22.3 Å². The molecule has 2 fully saturated rings. The van der Waals surface area contributed by atoms with E-state index in [1.807, 2.05) is 24.3 Å². The molecule has 84 valence electrons. The molecule has 2 bridgehead atoms. The zero-order valence-electron chi connectivity index (χ0n) is 9.13. The second-order valence-electron chi connectivity index (χ2n) is 4.63. The van der Waals surface area contributed by atoms with Crippen molar-refractivity contribution < 1.29 is 9.53 Å². The van der Waals surface area contributed by atoms with Crippen molar-refractivity contribution in [1.82, 2.24) is 4.90 Å². The predicted molar refractivity (Wildman–Crippen MR) is 60.4 cm³/mol. The van der Waals surface area contributed by atoms with Crippen LogP contribution in [0.15, 0.2) is 24.3 Å². The first kappa shape index (κ1) is 10.00. The summed E-state index contributed by atoms with van der Waals surface area (Å²) in [5.41, 5.74) is 2.02. The fourth-order valence-corrected chi connectivity index (χ4v) is 2.61. The van der Waals surface area contributed by atoms with Gasteiger partial charge in [0.1, 0.15) is 6.29 Å². The molecular formula is C13H15NO2. The van der Waals surface area contributed by atoms with Crippen molar-refractivity contribution in [2.45, 2.75) is 25.1 Å². The van der Waals surface area contributed by atoms with E-state index in [1.54, 1.807) is 0 Å². The van der Waals surface area contributed by atoms with Gasteiger partial charge in [-0.25, -0.2) is 0 Å². The van der Waals surface area contributed by atoms with Crippen LogP contribution in [0.3, 0.4) is 0 Å². The van der Waals surface area contributed by atoms with Gasteiger partial charge in [0.25, 0.3) is 0 Å². The Kier molecular flexibility index (Phi) is 2.50. The van der Waals surface area contributed by atoms with Crippen molar-refractivity contribution in [2.24, 2.45) is 0 Å². The molecule has 0 N–H and O–H groups in total. The van der Waals surface area contributed by atoms with E-state index in [4.69, 9.17) is 4.74 Å². The van der Waals surface area contributed by atoms with Crippen LogP contribution in [0, 0.1) is 0 Å². The highest BCUT2D eigenvalue weighted by Crippen LogP contribution is 2.28. The summed E-state index contributed by atoms with van der Waals surface area (Å²) in [4.78, 5) is 13.0. The molecule has 0 aliphatic carbocycles. The highest BCUT2D eigenvalue weighted by Gasteiger charge is 2.38. The van der Waals surface area contributed by atoms with E-state index in [0.717, 1.165) is 31.5 Å². The molecule has 2 unspecified atom stereocenters. The Balaban J connectivity index is 1.67. The van der Waals surface area contributed by atoms with Gasteiger partial charge in [0.2, 0.25) is 0 Å². The van der Waals surface area contributed by atoms with E-state index in [9.17, 15) is 4.79 Å². The summed E-state index contributed by atoms with van der Waals surface area (Å²) in [6, 6.07) is 8.45. The van der Waals surface area contributed by atoms with Gasteiger partial charge in [0.05, 0.1) is 12.7 Å². The van der Waals surface area contributed by atoms with Crippen LogP contribution in [0.5, 0.6) is 0 Å². The lowest BCUT2D eigenvalue weighted by atomic mass is 10.1. The van der Waals surface area contributed by atoms with Gasteiger partial charge < -0.3 is 4.74 Å². The molecule has 0 aromatic heterocycles. The van der Waals surface area contributed by atoms with E-state index in [1.165, 1.54) is 12.0 Å². The molecule has 2 saturated heterocycles. The molecule has 0 spiro atoms. The number of nitrogens with zero attached hydrogens (tertiary/aromatic N) is 1. The zero-order chi connectivity index (χ0) is 11.0. The van der Waals surface area contributed by atoms with Gasteiger partial charge in [-0.05, 0) is 12.0 Å². The summed E-state index contributed by atoms with van der Waals surface area (Å²) in [5.74, 6) is 0. The quantitative estimate of drug-likeness (QED) is 0.718. The average molecular weight is 217 g/mol. The van der Waals surface area contributed by atoms with Crippen molar-refractivity contribution in [1.29, 1.82) is 0 Å². The lowest BCUT2D eigenvalue weighted by molar-refractivity contribution is 0.0273. The third-order valence-corrected chi connectivity index (χ3v) is 3.52. The minimum absolute atomic E-state index is 0.458. The maximum absolute atomic E-state index is 10.5. The Bertz CT molecular complexity index is 387. The molecule has 2 atom stereocenters. The van der Waals surface area contributed by atoms with Gasteiger partial charge in [0.15, 0.2) is 0 Å². The number of fused-ring (bicyclic) bond motifs is 2. The lowest BCUT2D eigenvalue weighted by Gasteiger charge is -2.26. The first-order chi connectivity index (χ1) is 7.85. The van der Waals surface area contributed by atoms with Crippen molar-refractivity contribution >= 4 is 6.29 Å². The summed E-state index contributed by atoms with van der Waals surface area (Å²) in [6.45, 7) is 2.92. The van der Waals surface area contributed by atoms with Crippen LogP contribution in [0.25, 0.3) is 0 Å². The number of rotatable bonds is 3. The fraction of sp³-hybridized carbons (Fsp3) is 0.462. The van der Waals surface area contributed by atoms with E-state index in [2.05, 4.69) is 4.90 Å². The molecule has 0 saturated carbocycles. The van der Waals surface area contributed by atoms with Crippen molar-refractivity contribution in [3.8, 4) is 0 Å². The van der Waals surface area contributed by atoms with Gasteiger partial charge >= 0.3 is 0 Å². The minimum Gasteiger partial charge on any atom is -0.375 e. The van der Waals surface area contributed by atoms with E-state index < -0.39 is 0 Å². The van der Waals surface area contributed by atoms with Crippen LogP contribution >= 0.6 is 0 Å². The maximum atomic E-state index is 10.5. The summed E-state index contributed by atoms with van der Waals surface area (Å²) >= 11 is 0. The van der Waals surface area contributed by atoms with Crippen LogP contribution < -0.4 is 0 Å². The molecule has 16 heavy (non-hydrogen) atoms. The zero-order valence-corrected chi connectivity index (χ0v) is 9.13. The number of hydrogen-bond acceptors (Lipinski definition) is 3. The molecule has 3 heteroatoms. The van der Waals surface area contributed by atoms with Gasteiger partial charge in [-0.3, -0.25) is 9.69 Å². The molecule has 3 nitrogen and oxygen atoms in total. The number of carbonyl (C=O) groups is 1. The van der Waals surface area contributed by atoms with Crippen molar-refractivity contribution in [3.05, 3.63) is 35.4 Å². The smallest absolute Gasteiger partial charge is 0.150 e. The molecule has 3 rings (SSSR count). The molecule has 2 aliphatic heterocycles. The summed E-state index contributed by atoms with van der Waals surface area (Å²) in [6.07, 6.45) is 2.53. The average Bonchev–Trinajstić information content (AvgIpc) is 2.92. The second-order valence-corrected chi connectivity index (χ2v) is 4.63. The highest BCUT2D eigenvalue weighted by atomic mass is 16.5. The minimum atomic E-state index is 0.458. The van der Waals surface area contributed by atoms with Crippen molar-refractivity contribution in [3.63, 3.8) is 0 Å². The Morgan fingerprint density at radius 3 is 2.75 bits per heavy atom. The Hall–Kier alpha value is -1.19. The normalized spacial score (nSPS) is 28.5. The van der Waals surface area contributed by atoms with Gasteiger partial charge in [-0.2, -0.15) is 0 Å². The largest absolute Gasteiger partial charge is 0.375 e. The predicted octanol–water partition coefficient (Wildman–Crippen LogP) is 1.47. The van der Waals surface area contributed by atoms with Gasteiger partial charge in [0, 0.05) is 24.7 Å².